The summed E-state index contributed by atoms with van der Waals surface area (Å²) >= 11 is 0. The molecule has 0 amide bonds. The van der Waals surface area contributed by atoms with Crippen LogP contribution in [0.1, 0.15) is 13.2 Å². The van der Waals surface area contributed by atoms with Crippen molar-refractivity contribution in [2.45, 2.75) is 37.1 Å². The molecule has 184 valence electrons. The number of hydrogen-bond acceptors (Lipinski definition) is 10. The zero-order chi connectivity index (χ0) is 24.7. The molecule has 0 bridgehead atoms. The van der Waals surface area contributed by atoms with Gasteiger partial charge in [-0.1, -0.05) is 0 Å². The Hall–Kier alpha value is -0.630. The molecule has 0 aromatic carbocycles. The number of nitrogens with zero attached hydrogens (tertiary/aromatic N) is 2. The van der Waals surface area contributed by atoms with Crippen LogP contribution in [-0.4, -0.2) is 64.9 Å². The predicted octanol–water partition coefficient (Wildman–Crippen LogP) is 0.206. The minimum absolute atomic E-state index is 0.239. The highest BCUT2D eigenvalue weighted by molar-refractivity contribution is 7.91. The largest absolute Gasteiger partial charge is 0.488 e. The summed E-state index contributed by atoms with van der Waals surface area (Å²) in [5, 5.41) is 10.2. The van der Waals surface area contributed by atoms with Gasteiger partial charge in [-0.05, 0) is 21.5 Å². The Labute approximate surface area is 180 Å². The number of halogens is 2. The molecular weight excluding hydrogens is 528 g/mol. The number of phosphoric acid groups is 2. The van der Waals surface area contributed by atoms with Crippen LogP contribution in [-0.2, 0) is 27.0 Å². The van der Waals surface area contributed by atoms with E-state index in [2.05, 4.69) is 26.7 Å². The van der Waals surface area contributed by atoms with Crippen molar-refractivity contribution in [2.24, 2.45) is 0 Å². The molecule has 15 nitrogen and oxygen atoms in total. The molecule has 3 unspecified atom stereocenters. The van der Waals surface area contributed by atoms with Crippen LogP contribution in [0.2, 0.25) is 0 Å². The molecule has 1 aliphatic heterocycles. The molecule has 1 saturated heterocycles. The second-order valence-electron chi connectivity index (χ2n) is 6.46. The van der Waals surface area contributed by atoms with Crippen molar-refractivity contribution in [3.63, 3.8) is 0 Å². The minimum atomic E-state index is -5.58. The fourth-order valence-electron chi connectivity index (χ4n) is 2.75. The average Bonchev–Trinajstić information content (AvgIpc) is 2.84. The number of alkyl halides is 2. The van der Waals surface area contributed by atoms with Gasteiger partial charge in [-0.25, -0.2) is 27.0 Å². The quantitative estimate of drug-likeness (QED) is 0.227. The summed E-state index contributed by atoms with van der Waals surface area (Å²) in [6, 6.07) is 1.06. The number of nitrogen functional groups attached to an aromatic ring is 1. The van der Waals surface area contributed by atoms with E-state index < -0.39 is 65.4 Å². The van der Waals surface area contributed by atoms with Crippen molar-refractivity contribution in [1.82, 2.24) is 9.55 Å². The van der Waals surface area contributed by atoms with E-state index in [1.54, 1.807) is 0 Å². The van der Waals surface area contributed by atoms with Crippen molar-refractivity contribution in [3.8, 4) is 0 Å². The fourth-order valence-corrected chi connectivity index (χ4v) is 6.95. The molecular formula is C11H19F2N3O12P4. The van der Waals surface area contributed by atoms with Crippen LogP contribution in [0.4, 0.5) is 14.6 Å². The first kappa shape index (κ1) is 27.6. The highest BCUT2D eigenvalue weighted by atomic mass is 31.8. The summed E-state index contributed by atoms with van der Waals surface area (Å²) < 4.78 is 70.2. The van der Waals surface area contributed by atoms with Gasteiger partial charge in [0.15, 0.2) is 6.23 Å². The molecule has 0 spiro atoms. The third kappa shape index (κ3) is 6.49. The number of rotatable bonds is 9. The van der Waals surface area contributed by atoms with E-state index in [0.717, 1.165) is 19.2 Å². The molecule has 2 heterocycles. The van der Waals surface area contributed by atoms with Gasteiger partial charge in [0, 0.05) is 6.20 Å². The van der Waals surface area contributed by atoms with Crippen molar-refractivity contribution in [2.75, 3.05) is 12.4 Å². The van der Waals surface area contributed by atoms with Gasteiger partial charge in [0.2, 0.25) is 5.67 Å². The van der Waals surface area contributed by atoms with Gasteiger partial charge < -0.3 is 35.2 Å². The normalized spacial score (nSPS) is 31.1. The lowest BCUT2D eigenvalue weighted by Gasteiger charge is -2.27. The molecule has 7 atom stereocenters. The summed E-state index contributed by atoms with van der Waals surface area (Å²) in [7, 11) is -13.6. The topological polar surface area (TPSA) is 233 Å². The lowest BCUT2D eigenvalue weighted by atomic mass is 9.95. The van der Waals surface area contributed by atoms with Crippen LogP contribution >= 0.6 is 31.4 Å². The van der Waals surface area contributed by atoms with E-state index in [4.69, 9.17) is 20.3 Å². The molecule has 0 saturated carbocycles. The van der Waals surface area contributed by atoms with Crippen LogP contribution in [0.3, 0.4) is 0 Å². The van der Waals surface area contributed by atoms with Crippen LogP contribution in [0.15, 0.2) is 17.1 Å². The fraction of sp³-hybridized carbons (Fsp3) is 0.636. The lowest BCUT2D eigenvalue weighted by Crippen LogP contribution is -2.48. The van der Waals surface area contributed by atoms with Gasteiger partial charge in [-0.3, -0.25) is 9.09 Å². The molecule has 1 aromatic rings. The minimum Gasteiger partial charge on any atom is -0.387 e. The number of aromatic nitrogens is 2. The van der Waals surface area contributed by atoms with Gasteiger partial charge in [-0.15, -0.1) is 0 Å². The highest BCUT2D eigenvalue weighted by Crippen LogP contribution is 2.68. The summed E-state index contributed by atoms with van der Waals surface area (Å²) in [5.41, 5.74) is 0.927. The van der Waals surface area contributed by atoms with E-state index in [0.29, 0.717) is 4.57 Å². The van der Waals surface area contributed by atoms with Crippen molar-refractivity contribution >= 4 is 37.2 Å². The third-order valence-electron chi connectivity index (χ3n) is 3.99. The monoisotopic (exact) mass is 547 g/mol. The van der Waals surface area contributed by atoms with Gasteiger partial charge in [-0.2, -0.15) is 9.29 Å². The Kier molecular flexibility index (Phi) is 8.24. The van der Waals surface area contributed by atoms with Crippen LogP contribution in [0.25, 0.3) is 0 Å². The summed E-state index contributed by atoms with van der Waals surface area (Å²) in [4.78, 5) is 52.2. The number of nitrogens with two attached hydrogens (primary N) is 1. The number of anilines is 1. The molecule has 21 heteroatoms. The number of aliphatic hydroxyl groups excluding tert-OH is 1. The van der Waals surface area contributed by atoms with Gasteiger partial charge in [0.05, 0.1) is 6.10 Å². The third-order valence-corrected chi connectivity index (χ3v) is 8.71. The molecule has 32 heavy (non-hydrogen) atoms. The Morgan fingerprint density at radius 3 is 2.44 bits per heavy atom. The zero-order valence-corrected chi connectivity index (χ0v) is 19.5. The maximum atomic E-state index is 15.2. The van der Waals surface area contributed by atoms with E-state index in [9.17, 15) is 33.2 Å². The van der Waals surface area contributed by atoms with E-state index in [1.165, 1.54) is 0 Å². The Bertz CT molecular complexity index is 1050. The lowest BCUT2D eigenvalue weighted by molar-refractivity contribution is -0.0855. The first-order valence-corrected chi connectivity index (χ1v) is 14.1. The molecule has 1 aromatic heterocycles. The number of phosphoric ester groups is 1. The smallest absolute Gasteiger partial charge is 0.387 e. The van der Waals surface area contributed by atoms with E-state index in [1.807, 2.05) is 0 Å². The van der Waals surface area contributed by atoms with Gasteiger partial charge in [0.1, 0.15) is 24.7 Å². The highest BCUT2D eigenvalue weighted by Gasteiger charge is 2.61. The number of hydrogen-bond donors (Lipinski definition) is 6. The first-order chi connectivity index (χ1) is 14.4. The molecule has 2 rings (SSSR count). The average molecular weight is 547 g/mol. The van der Waals surface area contributed by atoms with Crippen molar-refractivity contribution in [3.05, 3.63) is 22.7 Å². The number of aliphatic hydroxyl groups is 1. The molecule has 0 radical (unpaired) electrons. The predicted molar refractivity (Wildman–Crippen MR) is 105 cm³/mol. The Balaban J connectivity index is 2.25. The standard InChI is InChI=1S/C11H19F2N3O12P4/c1-5(26-30(19,20)27-31(21,22)28-32(23,24)29)7-8(17)11(13,4-12)9(25-7)16-3-2-6(14)15-10(16)18/h2-3,5,7-9,17,23-24,29H,4H2,1H3,(H,19,20)(H,21,22)(H2,14,15,18)/t5-,7+,8-,9+,11?/m0/s1. The molecule has 0 aliphatic carbocycles. The van der Waals surface area contributed by atoms with E-state index in [-0.39, 0.29) is 5.82 Å². The zero-order valence-electron chi connectivity index (χ0n) is 15.8. The van der Waals surface area contributed by atoms with Crippen molar-refractivity contribution < 1.29 is 60.5 Å². The summed E-state index contributed by atoms with van der Waals surface area (Å²) in [6.45, 7) is -0.941. The SMILES string of the molecule is C[C@H](OP(=O)(O)OP(=O)(O)OP(O)(O)=P)[C@H]1O[C@@H](n2ccc(N)nc2=O)C(F)(CF)[C@H]1O. The molecule has 1 aliphatic rings. The maximum Gasteiger partial charge on any atom is 0.488 e. The second-order valence-corrected chi connectivity index (χ2v) is 12.7. The molecule has 7 N–H and O–H groups in total. The molecule has 1 fully saturated rings. The number of ether oxygens (including phenoxy) is 1. The van der Waals surface area contributed by atoms with Crippen LogP contribution in [0, 0.1) is 0 Å². The first-order valence-electron chi connectivity index (χ1n) is 8.20. The van der Waals surface area contributed by atoms with Gasteiger partial charge >= 0.3 is 21.3 Å². The van der Waals surface area contributed by atoms with Gasteiger partial charge in [0.25, 0.3) is 7.23 Å². The summed E-state index contributed by atoms with van der Waals surface area (Å²) in [5.74, 6) is -0.239. The summed E-state index contributed by atoms with van der Waals surface area (Å²) in [6.07, 6.45) is -7.29. The maximum absolute atomic E-state index is 15.2. The Morgan fingerprint density at radius 1 is 1.34 bits per heavy atom. The Morgan fingerprint density at radius 2 is 1.94 bits per heavy atom. The van der Waals surface area contributed by atoms with Crippen LogP contribution in [0.5, 0.6) is 0 Å². The van der Waals surface area contributed by atoms with Crippen molar-refractivity contribution in [1.29, 1.82) is 0 Å². The second kappa shape index (κ2) is 9.55. The van der Waals surface area contributed by atoms with E-state index >= 15 is 4.39 Å². The van der Waals surface area contributed by atoms with Crippen LogP contribution < -0.4 is 11.4 Å².